The van der Waals surface area contributed by atoms with Gasteiger partial charge in [0, 0.05) is 21.7 Å². The van der Waals surface area contributed by atoms with E-state index in [1.54, 1.807) is 6.33 Å². The van der Waals surface area contributed by atoms with Crippen LogP contribution in [0, 0.1) is 6.92 Å². The van der Waals surface area contributed by atoms with Crippen LogP contribution in [0.1, 0.15) is 34.4 Å². The van der Waals surface area contributed by atoms with Crippen molar-refractivity contribution in [1.29, 1.82) is 0 Å². The molecule has 0 saturated carbocycles. The van der Waals surface area contributed by atoms with Crippen LogP contribution in [-0.4, -0.2) is 14.8 Å². The molecule has 0 amide bonds. The summed E-state index contributed by atoms with van der Waals surface area (Å²) in [5.41, 5.74) is 6.29. The second kappa shape index (κ2) is 7.00. The standard InChI is InChI=1S/C25H19ClN4O/c1-15-11-12-20-18(13-15)22-21(24(31-20)17-9-5-6-10-19(17)26)23(16-7-3-2-4-8-16)30-25(29-22)27-14-28-30/h2-14,23-24H,1H3,(H,27,28,29). The van der Waals surface area contributed by atoms with E-state index >= 15 is 0 Å². The molecule has 0 bridgehead atoms. The van der Waals surface area contributed by atoms with E-state index in [2.05, 4.69) is 46.6 Å². The van der Waals surface area contributed by atoms with Crippen LogP contribution in [0.3, 0.4) is 0 Å². The molecule has 1 N–H and O–H groups in total. The molecule has 1 aromatic heterocycles. The first-order valence-corrected chi connectivity index (χ1v) is 10.6. The van der Waals surface area contributed by atoms with Crippen molar-refractivity contribution >= 4 is 23.2 Å². The molecule has 0 aliphatic carbocycles. The fourth-order valence-electron chi connectivity index (χ4n) is 4.49. The number of hydrogen-bond donors (Lipinski definition) is 1. The van der Waals surface area contributed by atoms with Crippen molar-refractivity contribution in [3.63, 3.8) is 0 Å². The third-order valence-corrected chi connectivity index (χ3v) is 6.22. The molecule has 2 atom stereocenters. The number of ether oxygens (including phenoxy) is 1. The summed E-state index contributed by atoms with van der Waals surface area (Å²) in [6, 6.07) is 24.2. The molecule has 3 aromatic carbocycles. The van der Waals surface area contributed by atoms with Gasteiger partial charge in [0.25, 0.3) is 0 Å². The van der Waals surface area contributed by atoms with E-state index in [1.165, 1.54) is 0 Å². The third-order valence-electron chi connectivity index (χ3n) is 5.87. The van der Waals surface area contributed by atoms with Crippen molar-refractivity contribution in [3.8, 4) is 5.75 Å². The maximum absolute atomic E-state index is 6.66. The van der Waals surface area contributed by atoms with E-state index in [1.807, 2.05) is 53.2 Å². The normalized spacial score (nSPS) is 19.0. The van der Waals surface area contributed by atoms with Crippen molar-refractivity contribution in [1.82, 2.24) is 14.8 Å². The van der Waals surface area contributed by atoms with Crippen LogP contribution in [0.25, 0.3) is 5.70 Å². The second-order valence-electron chi connectivity index (χ2n) is 7.82. The summed E-state index contributed by atoms with van der Waals surface area (Å²) in [6.45, 7) is 2.08. The molecule has 2 aliphatic rings. The van der Waals surface area contributed by atoms with Gasteiger partial charge in [-0.1, -0.05) is 71.8 Å². The van der Waals surface area contributed by atoms with Crippen LogP contribution in [0.2, 0.25) is 5.02 Å². The number of fused-ring (bicyclic) bond motifs is 3. The van der Waals surface area contributed by atoms with Gasteiger partial charge in [0.1, 0.15) is 18.1 Å². The van der Waals surface area contributed by atoms with Crippen molar-refractivity contribution in [3.05, 3.63) is 112 Å². The summed E-state index contributed by atoms with van der Waals surface area (Å²) >= 11 is 6.66. The Hall–Kier alpha value is -3.57. The summed E-state index contributed by atoms with van der Waals surface area (Å²) in [5, 5.41) is 8.75. The highest BCUT2D eigenvalue weighted by molar-refractivity contribution is 6.31. The Morgan fingerprint density at radius 2 is 1.81 bits per heavy atom. The predicted octanol–water partition coefficient (Wildman–Crippen LogP) is 5.80. The molecule has 2 aliphatic heterocycles. The molecule has 0 fully saturated rings. The number of anilines is 1. The van der Waals surface area contributed by atoms with Gasteiger partial charge in [-0.3, -0.25) is 0 Å². The van der Waals surface area contributed by atoms with Crippen LogP contribution in [0.5, 0.6) is 5.75 Å². The quantitative estimate of drug-likeness (QED) is 0.440. The zero-order valence-electron chi connectivity index (χ0n) is 16.8. The zero-order valence-corrected chi connectivity index (χ0v) is 17.5. The van der Waals surface area contributed by atoms with E-state index in [0.717, 1.165) is 39.3 Å². The molecule has 4 aromatic rings. The minimum atomic E-state index is -0.367. The zero-order chi connectivity index (χ0) is 20.9. The first-order valence-electron chi connectivity index (χ1n) is 10.2. The van der Waals surface area contributed by atoms with E-state index in [4.69, 9.17) is 16.3 Å². The molecule has 0 saturated heterocycles. The Morgan fingerprint density at radius 1 is 1.00 bits per heavy atom. The Balaban J connectivity index is 1.66. The summed E-state index contributed by atoms with van der Waals surface area (Å²) in [4.78, 5) is 4.47. The van der Waals surface area contributed by atoms with Gasteiger partial charge < -0.3 is 10.1 Å². The fourth-order valence-corrected chi connectivity index (χ4v) is 4.72. The maximum Gasteiger partial charge on any atom is 0.226 e. The molecule has 31 heavy (non-hydrogen) atoms. The smallest absolute Gasteiger partial charge is 0.226 e. The molecule has 0 radical (unpaired) electrons. The van der Waals surface area contributed by atoms with Crippen molar-refractivity contribution in [2.75, 3.05) is 5.32 Å². The summed E-state index contributed by atoms with van der Waals surface area (Å²) in [5.74, 6) is 1.53. The number of halogens is 1. The first-order chi connectivity index (χ1) is 15.2. The highest BCUT2D eigenvalue weighted by atomic mass is 35.5. The van der Waals surface area contributed by atoms with Crippen molar-refractivity contribution in [2.24, 2.45) is 0 Å². The van der Waals surface area contributed by atoms with Gasteiger partial charge in [-0.2, -0.15) is 10.1 Å². The summed E-state index contributed by atoms with van der Waals surface area (Å²) < 4.78 is 8.54. The van der Waals surface area contributed by atoms with Crippen molar-refractivity contribution < 1.29 is 4.74 Å². The largest absolute Gasteiger partial charge is 0.480 e. The number of nitrogens with zero attached hydrogens (tertiary/aromatic N) is 3. The topological polar surface area (TPSA) is 52.0 Å². The Morgan fingerprint density at radius 3 is 2.65 bits per heavy atom. The van der Waals surface area contributed by atoms with Crippen molar-refractivity contribution in [2.45, 2.75) is 19.1 Å². The van der Waals surface area contributed by atoms with Crippen LogP contribution in [-0.2, 0) is 0 Å². The van der Waals surface area contributed by atoms with Gasteiger partial charge in [0.05, 0.1) is 5.70 Å². The lowest BCUT2D eigenvalue weighted by molar-refractivity contribution is 0.223. The highest BCUT2D eigenvalue weighted by Gasteiger charge is 2.41. The average Bonchev–Trinajstić information content (AvgIpc) is 3.27. The van der Waals surface area contributed by atoms with Gasteiger partial charge in [0.15, 0.2) is 6.10 Å². The molecule has 6 rings (SSSR count). The van der Waals surface area contributed by atoms with Crippen LogP contribution in [0.4, 0.5) is 5.95 Å². The monoisotopic (exact) mass is 426 g/mol. The average molecular weight is 427 g/mol. The van der Waals surface area contributed by atoms with Gasteiger partial charge in [-0.15, -0.1) is 0 Å². The Labute approximate surface area is 185 Å². The number of hydrogen-bond acceptors (Lipinski definition) is 4. The van der Waals surface area contributed by atoms with E-state index < -0.39 is 0 Å². The van der Waals surface area contributed by atoms with E-state index in [9.17, 15) is 0 Å². The molecule has 0 spiro atoms. The second-order valence-corrected chi connectivity index (χ2v) is 8.22. The highest BCUT2D eigenvalue weighted by Crippen LogP contribution is 2.51. The molecule has 152 valence electrons. The van der Waals surface area contributed by atoms with Gasteiger partial charge in [0.2, 0.25) is 5.95 Å². The molecular formula is C25H19ClN4O. The fraction of sp³-hybridized carbons (Fsp3) is 0.120. The van der Waals surface area contributed by atoms with Gasteiger partial charge in [-0.25, -0.2) is 4.68 Å². The molecule has 3 heterocycles. The van der Waals surface area contributed by atoms with Gasteiger partial charge in [-0.05, 0) is 30.7 Å². The number of nitrogens with one attached hydrogen (secondary N) is 1. The molecule has 6 heteroatoms. The maximum atomic E-state index is 6.66. The molecule has 5 nitrogen and oxygen atoms in total. The third kappa shape index (κ3) is 2.85. The number of benzene rings is 3. The SMILES string of the molecule is Cc1ccc2c(c1)C1=C(C(c3ccccc3Cl)O2)C(c2ccccc2)n2ncnc2N1. The lowest BCUT2D eigenvalue weighted by Gasteiger charge is -2.39. The number of rotatable bonds is 2. The minimum absolute atomic E-state index is 0.176. The van der Waals surface area contributed by atoms with Crippen LogP contribution >= 0.6 is 11.6 Å². The van der Waals surface area contributed by atoms with E-state index in [0.29, 0.717) is 11.0 Å². The summed E-state index contributed by atoms with van der Waals surface area (Å²) in [7, 11) is 0. The number of aromatic nitrogens is 3. The van der Waals surface area contributed by atoms with Crippen LogP contribution < -0.4 is 10.1 Å². The summed E-state index contributed by atoms with van der Waals surface area (Å²) in [6.07, 6.45) is 1.22. The lowest BCUT2D eigenvalue weighted by Crippen LogP contribution is -2.32. The molecule has 2 unspecified atom stereocenters. The Bertz CT molecular complexity index is 1330. The minimum Gasteiger partial charge on any atom is -0.480 e. The lowest BCUT2D eigenvalue weighted by atomic mass is 9.84. The van der Waals surface area contributed by atoms with E-state index in [-0.39, 0.29) is 12.1 Å². The number of aryl methyl sites for hydroxylation is 1. The van der Waals surface area contributed by atoms with Crippen LogP contribution in [0.15, 0.2) is 84.7 Å². The Kier molecular flexibility index (Phi) is 4.11. The predicted molar refractivity (Wildman–Crippen MR) is 121 cm³/mol. The molecular weight excluding hydrogens is 408 g/mol. The van der Waals surface area contributed by atoms with Gasteiger partial charge >= 0.3 is 0 Å². The first kappa shape index (κ1) is 18.2.